The zero-order chi connectivity index (χ0) is 12.1. The van der Waals surface area contributed by atoms with Crippen molar-refractivity contribution in [2.75, 3.05) is 11.9 Å². The average molecular weight is 287 g/mol. The van der Waals surface area contributed by atoms with Crippen molar-refractivity contribution in [3.05, 3.63) is 22.7 Å². The Hall–Kier alpha value is -1.07. The second-order valence-electron chi connectivity index (χ2n) is 3.60. The number of hydrogen-bond acceptors (Lipinski definition) is 3. The number of carbonyl (C=O) groups excluding carboxylic acids is 1. The molecule has 1 amide bonds. The van der Waals surface area contributed by atoms with Gasteiger partial charge in [0, 0.05) is 5.92 Å². The number of nitrogens with one attached hydrogen (secondary N) is 1. The van der Waals surface area contributed by atoms with Crippen molar-refractivity contribution in [2.45, 2.75) is 13.3 Å². The molecule has 0 saturated carbocycles. The molecule has 0 aliphatic rings. The fourth-order valence-corrected chi connectivity index (χ4v) is 1.62. The highest BCUT2D eigenvalue weighted by molar-refractivity contribution is 9.10. The van der Waals surface area contributed by atoms with Crippen molar-refractivity contribution in [1.82, 2.24) is 0 Å². The van der Waals surface area contributed by atoms with Crippen LogP contribution >= 0.6 is 15.9 Å². The lowest BCUT2D eigenvalue weighted by Gasteiger charge is -2.12. The Bertz CT molecular complexity index is 382. The molecule has 0 saturated heterocycles. The van der Waals surface area contributed by atoms with Gasteiger partial charge in [0.25, 0.3) is 0 Å². The van der Waals surface area contributed by atoms with Gasteiger partial charge in [0.05, 0.1) is 10.2 Å². The van der Waals surface area contributed by atoms with Crippen molar-refractivity contribution in [3.63, 3.8) is 0 Å². The number of phenols is 1. The van der Waals surface area contributed by atoms with Gasteiger partial charge in [0.1, 0.15) is 0 Å². The van der Waals surface area contributed by atoms with Gasteiger partial charge in [0.15, 0.2) is 5.75 Å². The quantitative estimate of drug-likeness (QED) is 0.742. The van der Waals surface area contributed by atoms with Crippen LogP contribution in [0.25, 0.3) is 0 Å². The zero-order valence-electron chi connectivity index (χ0n) is 9.03. The van der Waals surface area contributed by atoms with Crippen LogP contribution < -0.4 is 11.1 Å². The van der Waals surface area contributed by atoms with Crippen LogP contribution in [0.3, 0.4) is 0 Å². The third-order valence-corrected chi connectivity index (χ3v) is 2.93. The molecule has 0 bridgehead atoms. The maximum Gasteiger partial charge on any atom is 0.227 e. The average Bonchev–Trinajstić information content (AvgIpc) is 2.25. The van der Waals surface area contributed by atoms with Crippen LogP contribution in [0, 0.1) is 5.92 Å². The van der Waals surface area contributed by atoms with E-state index in [1.165, 1.54) is 0 Å². The first-order chi connectivity index (χ1) is 7.56. The van der Waals surface area contributed by atoms with E-state index in [1.54, 1.807) is 25.1 Å². The minimum Gasteiger partial charge on any atom is -0.505 e. The number of carbonyl (C=O) groups is 1. The number of rotatable bonds is 4. The van der Waals surface area contributed by atoms with Gasteiger partial charge in [-0.15, -0.1) is 0 Å². The van der Waals surface area contributed by atoms with Crippen molar-refractivity contribution in [1.29, 1.82) is 0 Å². The molecular weight excluding hydrogens is 272 g/mol. The summed E-state index contributed by atoms with van der Waals surface area (Å²) in [6.07, 6.45) is 0.626. The smallest absolute Gasteiger partial charge is 0.227 e. The second kappa shape index (κ2) is 5.86. The van der Waals surface area contributed by atoms with Crippen molar-refractivity contribution in [3.8, 4) is 5.75 Å². The molecule has 4 N–H and O–H groups in total. The van der Waals surface area contributed by atoms with Gasteiger partial charge in [0.2, 0.25) is 5.91 Å². The van der Waals surface area contributed by atoms with E-state index in [1.807, 2.05) is 0 Å². The Balaban J connectivity index is 2.73. The predicted octanol–water partition coefficient (Wildman–Crippen LogP) is 2.08. The van der Waals surface area contributed by atoms with Crippen molar-refractivity contribution >= 4 is 27.5 Å². The van der Waals surface area contributed by atoms with E-state index >= 15 is 0 Å². The van der Waals surface area contributed by atoms with Gasteiger partial charge in [-0.2, -0.15) is 0 Å². The van der Waals surface area contributed by atoms with Gasteiger partial charge in [-0.3, -0.25) is 4.79 Å². The Morgan fingerprint density at radius 1 is 1.62 bits per heavy atom. The number of halogens is 1. The molecule has 0 aliphatic heterocycles. The molecular formula is C11H15BrN2O2. The molecule has 0 fully saturated rings. The lowest BCUT2D eigenvalue weighted by atomic mass is 10.1. The first-order valence-corrected chi connectivity index (χ1v) is 5.84. The SMILES string of the molecule is CC(CCN)C(=O)Nc1cccc(Br)c1O. The molecule has 1 rings (SSSR count). The molecule has 1 atom stereocenters. The third-order valence-electron chi connectivity index (χ3n) is 2.29. The Morgan fingerprint density at radius 3 is 2.94 bits per heavy atom. The van der Waals surface area contributed by atoms with E-state index in [9.17, 15) is 9.90 Å². The molecule has 4 nitrogen and oxygen atoms in total. The molecule has 88 valence electrons. The standard InChI is InChI=1S/C11H15BrN2O2/c1-7(5-6-13)11(16)14-9-4-2-3-8(12)10(9)15/h2-4,7,15H,5-6,13H2,1H3,(H,14,16). The minimum atomic E-state index is -0.164. The summed E-state index contributed by atoms with van der Waals surface area (Å²) in [7, 11) is 0. The first kappa shape index (κ1) is 13.0. The molecule has 16 heavy (non-hydrogen) atoms. The number of phenolic OH excluding ortho intramolecular Hbond substituents is 1. The normalized spacial score (nSPS) is 12.2. The van der Waals surface area contributed by atoms with Gasteiger partial charge in [-0.1, -0.05) is 13.0 Å². The largest absolute Gasteiger partial charge is 0.505 e. The maximum absolute atomic E-state index is 11.7. The van der Waals surface area contributed by atoms with Crippen LogP contribution in [0.4, 0.5) is 5.69 Å². The molecule has 5 heteroatoms. The van der Waals surface area contributed by atoms with Crippen LogP contribution in [0.5, 0.6) is 5.75 Å². The number of nitrogens with two attached hydrogens (primary N) is 1. The maximum atomic E-state index is 11.7. The molecule has 0 heterocycles. The lowest BCUT2D eigenvalue weighted by molar-refractivity contribution is -0.119. The zero-order valence-corrected chi connectivity index (χ0v) is 10.6. The molecule has 1 aromatic carbocycles. The second-order valence-corrected chi connectivity index (χ2v) is 4.46. The number of amides is 1. The van der Waals surface area contributed by atoms with Crippen LogP contribution in [-0.2, 0) is 4.79 Å². The topological polar surface area (TPSA) is 75.4 Å². The highest BCUT2D eigenvalue weighted by atomic mass is 79.9. The van der Waals surface area contributed by atoms with Crippen LogP contribution in [-0.4, -0.2) is 17.6 Å². The summed E-state index contributed by atoms with van der Waals surface area (Å²) in [5, 5.41) is 12.3. The first-order valence-electron chi connectivity index (χ1n) is 5.04. The highest BCUT2D eigenvalue weighted by Gasteiger charge is 2.14. The third kappa shape index (κ3) is 3.21. The molecule has 1 aromatic rings. The van der Waals surface area contributed by atoms with Gasteiger partial charge in [-0.25, -0.2) is 0 Å². The van der Waals surface area contributed by atoms with E-state index in [0.29, 0.717) is 23.1 Å². The summed E-state index contributed by atoms with van der Waals surface area (Å²) >= 11 is 3.18. The fraction of sp³-hybridized carbons (Fsp3) is 0.364. The van der Waals surface area contributed by atoms with E-state index in [0.717, 1.165) is 0 Å². The van der Waals surface area contributed by atoms with Crippen LogP contribution in [0.2, 0.25) is 0 Å². The van der Waals surface area contributed by atoms with Gasteiger partial charge < -0.3 is 16.2 Å². The summed E-state index contributed by atoms with van der Waals surface area (Å²) in [5.41, 5.74) is 5.78. The lowest BCUT2D eigenvalue weighted by Crippen LogP contribution is -2.22. The fourth-order valence-electron chi connectivity index (χ4n) is 1.25. The Labute approximate surface area is 103 Å². The van der Waals surface area contributed by atoms with Crippen LogP contribution in [0.1, 0.15) is 13.3 Å². The van der Waals surface area contributed by atoms with Crippen LogP contribution in [0.15, 0.2) is 22.7 Å². The van der Waals surface area contributed by atoms with E-state index in [-0.39, 0.29) is 17.6 Å². The predicted molar refractivity (Wildman–Crippen MR) is 67.3 cm³/mol. The molecule has 0 aromatic heterocycles. The van der Waals surface area contributed by atoms with Crippen molar-refractivity contribution in [2.24, 2.45) is 11.7 Å². The molecule has 0 spiro atoms. The Kier molecular flexibility index (Phi) is 4.76. The van der Waals surface area contributed by atoms with E-state index in [4.69, 9.17) is 5.73 Å². The number of benzene rings is 1. The number of anilines is 1. The van der Waals surface area contributed by atoms with E-state index < -0.39 is 0 Å². The number of aromatic hydroxyl groups is 1. The summed E-state index contributed by atoms with van der Waals surface area (Å²) in [4.78, 5) is 11.7. The number of hydrogen-bond donors (Lipinski definition) is 3. The van der Waals surface area contributed by atoms with Gasteiger partial charge in [-0.05, 0) is 41.0 Å². The van der Waals surface area contributed by atoms with Crippen molar-refractivity contribution < 1.29 is 9.90 Å². The summed E-state index contributed by atoms with van der Waals surface area (Å²) < 4.78 is 0.553. The summed E-state index contributed by atoms with van der Waals surface area (Å²) in [6.45, 7) is 2.27. The molecule has 0 radical (unpaired) electrons. The minimum absolute atomic E-state index is 0.0378. The molecule has 1 unspecified atom stereocenters. The Morgan fingerprint density at radius 2 is 2.31 bits per heavy atom. The summed E-state index contributed by atoms with van der Waals surface area (Å²) in [5.74, 6) is -0.266. The molecule has 0 aliphatic carbocycles. The van der Waals surface area contributed by atoms with E-state index in [2.05, 4.69) is 21.2 Å². The monoisotopic (exact) mass is 286 g/mol. The number of para-hydroxylation sites is 1. The summed E-state index contributed by atoms with van der Waals surface area (Å²) in [6, 6.07) is 5.09. The van der Waals surface area contributed by atoms with Gasteiger partial charge >= 0.3 is 0 Å². The highest BCUT2D eigenvalue weighted by Crippen LogP contribution is 2.31.